The molecular formula is C14H17ClN4O3. The summed E-state index contributed by atoms with van der Waals surface area (Å²) in [5.74, 6) is 0.270. The SMILES string of the molecule is C=C(/C(Cl)=N\N=C(/C)c1c[nH]c(=O)[nH]c1=O)[C@H]1C[C@@H]1C(C)O. The number of allylic oxidation sites excluding steroid dienone is 1. The molecule has 22 heavy (non-hydrogen) atoms. The lowest BCUT2D eigenvalue weighted by Crippen LogP contribution is -2.26. The molecule has 2 rings (SSSR count). The average Bonchev–Trinajstić information content (AvgIpc) is 3.24. The van der Waals surface area contributed by atoms with Gasteiger partial charge >= 0.3 is 5.69 Å². The van der Waals surface area contributed by atoms with Crippen molar-refractivity contribution in [3.05, 3.63) is 44.8 Å². The number of halogens is 1. The van der Waals surface area contributed by atoms with E-state index >= 15 is 0 Å². The number of rotatable bonds is 5. The van der Waals surface area contributed by atoms with Gasteiger partial charge in [-0.25, -0.2) is 4.79 Å². The van der Waals surface area contributed by atoms with Crippen LogP contribution in [0, 0.1) is 11.8 Å². The summed E-state index contributed by atoms with van der Waals surface area (Å²) >= 11 is 6.05. The van der Waals surface area contributed by atoms with Crippen LogP contribution in [0.4, 0.5) is 0 Å². The number of hydrogen-bond donors (Lipinski definition) is 3. The summed E-state index contributed by atoms with van der Waals surface area (Å²) in [6.45, 7) is 7.18. The Balaban J connectivity index is 2.14. The summed E-state index contributed by atoms with van der Waals surface area (Å²) < 4.78 is 0. The molecule has 1 unspecified atom stereocenters. The highest BCUT2D eigenvalue weighted by atomic mass is 35.5. The van der Waals surface area contributed by atoms with Crippen molar-refractivity contribution in [3.63, 3.8) is 0 Å². The third-order valence-electron chi connectivity index (χ3n) is 3.67. The van der Waals surface area contributed by atoms with E-state index in [1.807, 2.05) is 0 Å². The minimum absolute atomic E-state index is 0.114. The second-order valence-electron chi connectivity index (χ2n) is 5.33. The van der Waals surface area contributed by atoms with Gasteiger partial charge in [0.2, 0.25) is 0 Å². The van der Waals surface area contributed by atoms with E-state index in [9.17, 15) is 14.7 Å². The van der Waals surface area contributed by atoms with Gasteiger partial charge < -0.3 is 10.1 Å². The standard InChI is InChI=1S/C14H17ClN4O3/c1-6(9-4-10(9)8(3)20)12(15)19-18-7(2)11-5-16-14(22)17-13(11)21/h5,8-10,20H,1,4H2,2-3H3,(H2,16,17,21,22)/b18-7+,19-12+/t8?,9-,10-/m1/s1. The minimum Gasteiger partial charge on any atom is -0.393 e. The summed E-state index contributed by atoms with van der Waals surface area (Å²) in [6, 6.07) is 0. The predicted molar refractivity (Wildman–Crippen MR) is 85.6 cm³/mol. The Kier molecular flexibility index (Phi) is 4.77. The van der Waals surface area contributed by atoms with E-state index < -0.39 is 17.4 Å². The zero-order chi connectivity index (χ0) is 16.4. The molecule has 7 nitrogen and oxygen atoms in total. The van der Waals surface area contributed by atoms with E-state index in [1.165, 1.54) is 6.20 Å². The molecule has 3 atom stereocenters. The lowest BCUT2D eigenvalue weighted by Gasteiger charge is -2.04. The Morgan fingerprint density at radius 1 is 1.50 bits per heavy atom. The first-order valence-corrected chi connectivity index (χ1v) is 7.16. The zero-order valence-electron chi connectivity index (χ0n) is 12.3. The fourth-order valence-corrected chi connectivity index (χ4v) is 2.39. The van der Waals surface area contributed by atoms with Gasteiger partial charge in [0.25, 0.3) is 5.56 Å². The fourth-order valence-electron chi connectivity index (χ4n) is 2.22. The van der Waals surface area contributed by atoms with Gasteiger partial charge in [0.05, 0.1) is 17.4 Å². The van der Waals surface area contributed by atoms with Crippen LogP contribution in [0.2, 0.25) is 0 Å². The Morgan fingerprint density at radius 2 is 2.18 bits per heavy atom. The number of hydrogen-bond acceptors (Lipinski definition) is 5. The van der Waals surface area contributed by atoms with Gasteiger partial charge in [-0.15, -0.1) is 5.10 Å². The summed E-state index contributed by atoms with van der Waals surface area (Å²) in [5, 5.41) is 17.4. The van der Waals surface area contributed by atoms with Crippen molar-refractivity contribution in [2.75, 3.05) is 0 Å². The van der Waals surface area contributed by atoms with Crippen LogP contribution in [0.5, 0.6) is 0 Å². The van der Waals surface area contributed by atoms with Crippen molar-refractivity contribution in [3.8, 4) is 0 Å². The third-order valence-corrected chi connectivity index (χ3v) is 3.99. The highest BCUT2D eigenvalue weighted by Gasteiger charge is 2.43. The first-order chi connectivity index (χ1) is 10.3. The molecular weight excluding hydrogens is 308 g/mol. The van der Waals surface area contributed by atoms with Crippen LogP contribution in [0.3, 0.4) is 0 Å². The number of nitrogens with zero attached hydrogens (tertiary/aromatic N) is 2. The van der Waals surface area contributed by atoms with Crippen LogP contribution in [-0.4, -0.2) is 32.1 Å². The predicted octanol–water partition coefficient (Wildman–Crippen LogP) is 0.998. The van der Waals surface area contributed by atoms with Crippen LogP contribution in [0.1, 0.15) is 25.8 Å². The Labute approximate surface area is 131 Å². The maximum absolute atomic E-state index is 11.6. The van der Waals surface area contributed by atoms with Crippen LogP contribution in [0.15, 0.2) is 38.1 Å². The molecule has 1 saturated carbocycles. The van der Waals surface area contributed by atoms with Gasteiger partial charge in [0.1, 0.15) is 0 Å². The molecule has 0 radical (unpaired) electrons. The molecule has 8 heteroatoms. The van der Waals surface area contributed by atoms with E-state index in [4.69, 9.17) is 11.6 Å². The summed E-state index contributed by atoms with van der Waals surface area (Å²) in [4.78, 5) is 27.0. The lowest BCUT2D eigenvalue weighted by atomic mass is 10.1. The molecule has 3 N–H and O–H groups in total. The normalized spacial score (nSPS) is 23.3. The Hall–Kier alpha value is -1.99. The monoisotopic (exact) mass is 324 g/mol. The first kappa shape index (κ1) is 16.4. The number of aromatic amines is 2. The van der Waals surface area contributed by atoms with E-state index in [0.717, 1.165) is 6.42 Å². The second kappa shape index (κ2) is 6.41. The van der Waals surface area contributed by atoms with Gasteiger partial charge in [-0.1, -0.05) is 18.2 Å². The fraction of sp³-hybridized carbons (Fsp3) is 0.429. The van der Waals surface area contributed by atoms with E-state index in [1.54, 1.807) is 13.8 Å². The minimum atomic E-state index is -0.589. The average molecular weight is 325 g/mol. The van der Waals surface area contributed by atoms with Gasteiger partial charge in [0.15, 0.2) is 5.17 Å². The molecule has 1 aliphatic rings. The topological polar surface area (TPSA) is 111 Å². The largest absolute Gasteiger partial charge is 0.393 e. The summed E-state index contributed by atoms with van der Waals surface area (Å²) in [5.41, 5.74) is -0.00148. The molecule has 0 spiro atoms. The van der Waals surface area contributed by atoms with Gasteiger partial charge in [-0.3, -0.25) is 9.78 Å². The first-order valence-electron chi connectivity index (χ1n) is 6.78. The number of aliphatic hydroxyl groups excluding tert-OH is 1. The molecule has 0 aromatic carbocycles. The molecule has 1 fully saturated rings. The number of nitrogens with one attached hydrogen (secondary N) is 2. The van der Waals surface area contributed by atoms with Crippen LogP contribution < -0.4 is 11.2 Å². The molecule has 1 aromatic rings. The molecule has 1 aliphatic carbocycles. The van der Waals surface area contributed by atoms with E-state index in [-0.39, 0.29) is 22.6 Å². The van der Waals surface area contributed by atoms with Crippen LogP contribution in [0.25, 0.3) is 0 Å². The third kappa shape index (κ3) is 3.61. The quantitative estimate of drug-likeness (QED) is 0.555. The number of aromatic nitrogens is 2. The number of aliphatic hydroxyl groups is 1. The molecule has 0 aliphatic heterocycles. The van der Waals surface area contributed by atoms with Gasteiger partial charge in [0, 0.05) is 6.20 Å². The van der Waals surface area contributed by atoms with Crippen LogP contribution >= 0.6 is 11.6 Å². The maximum Gasteiger partial charge on any atom is 0.325 e. The Bertz CT molecular complexity index is 760. The summed E-state index contributed by atoms with van der Waals surface area (Å²) in [6.07, 6.45) is 1.68. The molecule has 1 aromatic heterocycles. The van der Waals surface area contributed by atoms with Gasteiger partial charge in [-0.05, 0) is 37.7 Å². The highest BCUT2D eigenvalue weighted by Crippen LogP contribution is 2.46. The van der Waals surface area contributed by atoms with E-state index in [0.29, 0.717) is 11.3 Å². The highest BCUT2D eigenvalue weighted by molar-refractivity contribution is 6.69. The molecule has 1 heterocycles. The van der Waals surface area contributed by atoms with Crippen molar-refractivity contribution in [1.29, 1.82) is 0 Å². The molecule has 118 valence electrons. The van der Waals surface area contributed by atoms with Crippen molar-refractivity contribution >= 4 is 22.5 Å². The van der Waals surface area contributed by atoms with Crippen molar-refractivity contribution in [2.24, 2.45) is 22.0 Å². The van der Waals surface area contributed by atoms with Crippen LogP contribution in [-0.2, 0) is 0 Å². The Morgan fingerprint density at radius 3 is 2.73 bits per heavy atom. The molecule has 0 saturated heterocycles. The van der Waals surface area contributed by atoms with Crippen molar-refractivity contribution < 1.29 is 5.11 Å². The van der Waals surface area contributed by atoms with Gasteiger partial charge in [-0.2, -0.15) is 5.10 Å². The maximum atomic E-state index is 11.6. The second-order valence-corrected chi connectivity index (χ2v) is 5.69. The summed E-state index contributed by atoms with van der Waals surface area (Å²) in [7, 11) is 0. The van der Waals surface area contributed by atoms with E-state index in [2.05, 4.69) is 26.7 Å². The molecule has 0 amide bonds. The van der Waals surface area contributed by atoms with Crippen molar-refractivity contribution in [1.82, 2.24) is 9.97 Å². The molecule has 0 bridgehead atoms. The lowest BCUT2D eigenvalue weighted by molar-refractivity contribution is 0.167. The van der Waals surface area contributed by atoms with Crippen molar-refractivity contribution in [2.45, 2.75) is 26.4 Å². The zero-order valence-corrected chi connectivity index (χ0v) is 13.0. The number of H-pyrrole nitrogens is 2. The smallest absolute Gasteiger partial charge is 0.325 e.